The summed E-state index contributed by atoms with van der Waals surface area (Å²) in [6.07, 6.45) is 14.9. The van der Waals surface area contributed by atoms with Crippen LogP contribution in [0.4, 0.5) is 0 Å². The predicted molar refractivity (Wildman–Crippen MR) is 146 cm³/mol. The summed E-state index contributed by atoms with van der Waals surface area (Å²) in [6, 6.07) is 18.8. The van der Waals surface area contributed by atoms with Crippen LogP contribution < -0.4 is 0 Å². The molecule has 2 aromatic rings. The molecule has 0 amide bonds. The van der Waals surface area contributed by atoms with Crippen LogP contribution in [0.1, 0.15) is 81.4 Å². The Morgan fingerprint density at radius 1 is 1.00 bits per heavy atom. The molecule has 5 unspecified atom stereocenters. The molecular weight excluding hydrogens is 440 g/mol. The van der Waals surface area contributed by atoms with E-state index in [0.717, 1.165) is 50.5 Å². The molecule has 0 spiro atoms. The monoisotopic (exact) mass is 478 g/mol. The SMILES string of the molecule is C#Cc1ccccc1.CCc1ccc(C2CC3(C)C(O)CCC3C3CCC4=CC(=O)CCC4=C23)cc1. The number of aliphatic hydroxyl groups excluding tert-OH is 1. The van der Waals surface area contributed by atoms with Gasteiger partial charge in [-0.05, 0) is 103 Å². The third-order valence-electron chi connectivity index (χ3n) is 9.41. The van der Waals surface area contributed by atoms with E-state index in [1.54, 1.807) is 5.57 Å². The molecule has 0 bridgehead atoms. The fourth-order valence-electron chi connectivity index (χ4n) is 7.45. The first-order valence-electron chi connectivity index (χ1n) is 13.7. The largest absolute Gasteiger partial charge is 0.393 e. The fraction of sp³-hybridized carbons (Fsp3) is 0.441. The molecule has 1 N–H and O–H groups in total. The van der Waals surface area contributed by atoms with E-state index in [9.17, 15) is 9.90 Å². The van der Waals surface area contributed by atoms with Crippen molar-refractivity contribution in [2.24, 2.45) is 17.3 Å². The second kappa shape index (κ2) is 10.2. The van der Waals surface area contributed by atoms with Crippen LogP contribution in [0.2, 0.25) is 0 Å². The Labute approximate surface area is 216 Å². The zero-order valence-corrected chi connectivity index (χ0v) is 21.7. The summed E-state index contributed by atoms with van der Waals surface area (Å²) in [5.41, 5.74) is 8.20. The predicted octanol–water partition coefficient (Wildman–Crippen LogP) is 7.18. The summed E-state index contributed by atoms with van der Waals surface area (Å²) in [4.78, 5) is 12.0. The standard InChI is InChI=1S/C26H32O2.C8H6/c1-3-16-4-6-17(7-5-16)22-15-26(2)23(12-13-24(26)28)21-10-8-18-14-19(27)9-11-20(18)25(21)22;1-2-8-6-4-3-5-7-8/h4-7,14,21-24,28H,3,8-13,15H2,1-2H3;1,3-7H. The van der Waals surface area contributed by atoms with Gasteiger partial charge in [0.05, 0.1) is 6.10 Å². The number of benzene rings is 2. The molecule has 4 aliphatic rings. The minimum absolute atomic E-state index is 0.0223. The lowest BCUT2D eigenvalue weighted by Gasteiger charge is -2.52. The summed E-state index contributed by atoms with van der Waals surface area (Å²) in [7, 11) is 0. The van der Waals surface area contributed by atoms with Gasteiger partial charge in [-0.3, -0.25) is 4.79 Å². The van der Waals surface area contributed by atoms with E-state index in [2.05, 4.69) is 44.0 Å². The number of carbonyl (C=O) groups excluding carboxylic acids is 1. The molecule has 2 nitrogen and oxygen atoms in total. The molecule has 4 aliphatic carbocycles. The lowest BCUT2D eigenvalue weighted by molar-refractivity contribution is -0.114. The van der Waals surface area contributed by atoms with Gasteiger partial charge >= 0.3 is 0 Å². The highest BCUT2D eigenvalue weighted by Crippen LogP contribution is 2.63. The second-order valence-corrected chi connectivity index (χ2v) is 11.3. The third kappa shape index (κ3) is 4.51. The van der Waals surface area contributed by atoms with Crippen molar-refractivity contribution in [3.8, 4) is 12.3 Å². The van der Waals surface area contributed by atoms with Crippen LogP contribution in [0.15, 0.2) is 77.4 Å². The summed E-state index contributed by atoms with van der Waals surface area (Å²) in [5, 5.41) is 10.9. The molecule has 2 saturated carbocycles. The number of hydrogen-bond acceptors (Lipinski definition) is 2. The average molecular weight is 479 g/mol. The first-order chi connectivity index (χ1) is 17.4. The lowest BCUT2D eigenvalue weighted by atomic mass is 9.53. The maximum Gasteiger partial charge on any atom is 0.156 e. The number of fused-ring (bicyclic) bond motifs is 4. The Morgan fingerprint density at radius 2 is 1.75 bits per heavy atom. The maximum absolute atomic E-state index is 12.0. The number of allylic oxidation sites excluding steroid dienone is 4. The van der Waals surface area contributed by atoms with Gasteiger partial charge in [0.15, 0.2) is 5.78 Å². The lowest BCUT2D eigenvalue weighted by Crippen LogP contribution is -2.45. The van der Waals surface area contributed by atoms with Crippen LogP contribution in [-0.2, 0) is 11.2 Å². The van der Waals surface area contributed by atoms with Gasteiger partial charge in [-0.25, -0.2) is 0 Å². The molecule has 6 rings (SSSR count). The molecule has 2 fully saturated rings. The summed E-state index contributed by atoms with van der Waals surface area (Å²) in [5.74, 6) is 4.39. The smallest absolute Gasteiger partial charge is 0.156 e. The topological polar surface area (TPSA) is 37.3 Å². The van der Waals surface area contributed by atoms with Gasteiger partial charge in [0.25, 0.3) is 0 Å². The maximum atomic E-state index is 12.0. The highest BCUT2D eigenvalue weighted by molar-refractivity contribution is 5.93. The number of aryl methyl sites for hydroxylation is 1. The molecule has 5 atom stereocenters. The van der Waals surface area contributed by atoms with Crippen LogP contribution in [0.3, 0.4) is 0 Å². The minimum atomic E-state index is -0.175. The van der Waals surface area contributed by atoms with Gasteiger partial charge in [0, 0.05) is 17.9 Å². The van der Waals surface area contributed by atoms with E-state index in [1.165, 1.54) is 22.3 Å². The van der Waals surface area contributed by atoms with Crippen molar-refractivity contribution in [1.82, 2.24) is 0 Å². The first kappa shape index (κ1) is 24.8. The van der Waals surface area contributed by atoms with E-state index in [4.69, 9.17) is 6.42 Å². The summed E-state index contributed by atoms with van der Waals surface area (Å²) in [6.45, 7) is 4.55. The van der Waals surface area contributed by atoms with Crippen molar-refractivity contribution in [3.05, 3.63) is 94.1 Å². The van der Waals surface area contributed by atoms with Gasteiger partial charge in [-0.2, -0.15) is 0 Å². The first-order valence-corrected chi connectivity index (χ1v) is 13.7. The molecule has 0 saturated heterocycles. The van der Waals surface area contributed by atoms with E-state index in [1.807, 2.05) is 36.4 Å². The zero-order valence-electron chi connectivity index (χ0n) is 21.7. The van der Waals surface area contributed by atoms with Crippen LogP contribution in [0.5, 0.6) is 0 Å². The Kier molecular flexibility index (Phi) is 7.05. The molecule has 2 aromatic carbocycles. The number of terminal acetylenes is 1. The van der Waals surface area contributed by atoms with Crippen LogP contribution in [0, 0.1) is 29.6 Å². The number of ketones is 1. The van der Waals surface area contributed by atoms with Crippen molar-refractivity contribution in [1.29, 1.82) is 0 Å². The van der Waals surface area contributed by atoms with Gasteiger partial charge in [-0.1, -0.05) is 67.8 Å². The van der Waals surface area contributed by atoms with E-state index < -0.39 is 0 Å². The Morgan fingerprint density at radius 3 is 2.42 bits per heavy atom. The average Bonchev–Trinajstić information content (AvgIpc) is 3.22. The van der Waals surface area contributed by atoms with Crippen molar-refractivity contribution in [2.45, 2.75) is 77.2 Å². The number of rotatable bonds is 2. The van der Waals surface area contributed by atoms with E-state index in [-0.39, 0.29) is 11.5 Å². The molecule has 2 heteroatoms. The van der Waals surface area contributed by atoms with Crippen molar-refractivity contribution < 1.29 is 9.90 Å². The third-order valence-corrected chi connectivity index (χ3v) is 9.41. The van der Waals surface area contributed by atoms with E-state index in [0.29, 0.717) is 30.0 Å². The van der Waals surface area contributed by atoms with Crippen LogP contribution >= 0.6 is 0 Å². The molecule has 186 valence electrons. The summed E-state index contributed by atoms with van der Waals surface area (Å²) >= 11 is 0. The quantitative estimate of drug-likeness (QED) is 0.464. The normalized spacial score (nSPS) is 30.7. The van der Waals surface area contributed by atoms with Crippen molar-refractivity contribution >= 4 is 5.78 Å². The highest BCUT2D eigenvalue weighted by Gasteiger charge is 2.56. The zero-order chi connectivity index (χ0) is 25.3. The Balaban J connectivity index is 0.000000286. The number of carbonyl (C=O) groups is 1. The van der Waals surface area contributed by atoms with Gasteiger partial charge < -0.3 is 5.11 Å². The van der Waals surface area contributed by atoms with Crippen molar-refractivity contribution in [3.63, 3.8) is 0 Å². The van der Waals surface area contributed by atoms with E-state index >= 15 is 0 Å². The number of hydrogen-bond donors (Lipinski definition) is 1. The van der Waals surface area contributed by atoms with Crippen LogP contribution in [0.25, 0.3) is 0 Å². The van der Waals surface area contributed by atoms with Crippen LogP contribution in [-0.4, -0.2) is 17.0 Å². The second-order valence-electron chi connectivity index (χ2n) is 11.3. The fourth-order valence-corrected chi connectivity index (χ4v) is 7.45. The Hall–Kier alpha value is -2.89. The number of aliphatic hydroxyl groups is 1. The summed E-state index contributed by atoms with van der Waals surface area (Å²) < 4.78 is 0. The highest BCUT2D eigenvalue weighted by atomic mass is 16.3. The molecular formula is C34H38O2. The van der Waals surface area contributed by atoms with Gasteiger partial charge in [0.2, 0.25) is 0 Å². The molecule has 0 aromatic heterocycles. The molecule has 0 aliphatic heterocycles. The van der Waals surface area contributed by atoms with Crippen molar-refractivity contribution in [2.75, 3.05) is 0 Å². The molecule has 36 heavy (non-hydrogen) atoms. The molecule has 0 radical (unpaired) electrons. The van der Waals surface area contributed by atoms with Gasteiger partial charge in [0.1, 0.15) is 0 Å². The molecule has 0 heterocycles. The minimum Gasteiger partial charge on any atom is -0.393 e. The Bertz CT molecular complexity index is 1210. The van der Waals surface area contributed by atoms with Gasteiger partial charge in [-0.15, -0.1) is 6.42 Å².